The number of amides is 1. The molecule has 2 aromatic heterocycles. The van der Waals surface area contributed by atoms with E-state index in [0.717, 1.165) is 33.4 Å². The fraction of sp³-hybridized carbons (Fsp3) is 0.182. The van der Waals surface area contributed by atoms with Crippen molar-refractivity contribution in [3.63, 3.8) is 0 Å². The van der Waals surface area contributed by atoms with Crippen LogP contribution in [0.4, 0.5) is 5.13 Å². The molecule has 0 aliphatic carbocycles. The molecule has 2 heterocycles. The van der Waals surface area contributed by atoms with Crippen LogP contribution in [0.15, 0.2) is 52.3 Å². The van der Waals surface area contributed by atoms with Crippen molar-refractivity contribution < 1.29 is 13.9 Å². The second-order valence-corrected chi connectivity index (χ2v) is 7.57. The van der Waals surface area contributed by atoms with E-state index in [2.05, 4.69) is 10.3 Å². The van der Waals surface area contributed by atoms with E-state index in [9.17, 15) is 4.79 Å². The number of fused-ring (bicyclic) bond motifs is 1. The number of aromatic nitrogens is 1. The number of rotatable bonds is 5. The first-order valence-corrected chi connectivity index (χ1v) is 9.79. The molecule has 0 saturated heterocycles. The van der Waals surface area contributed by atoms with E-state index >= 15 is 0 Å². The van der Waals surface area contributed by atoms with Gasteiger partial charge in [-0.05, 0) is 49.2 Å². The second-order valence-electron chi connectivity index (χ2n) is 6.71. The number of aryl methyl sites for hydroxylation is 2. The van der Waals surface area contributed by atoms with Crippen LogP contribution in [-0.4, -0.2) is 18.0 Å². The predicted molar refractivity (Wildman–Crippen MR) is 112 cm³/mol. The first kappa shape index (κ1) is 18.3. The Labute approximate surface area is 167 Å². The average Bonchev–Trinajstić information content (AvgIpc) is 3.30. The molecule has 0 aliphatic rings. The number of furan rings is 1. The van der Waals surface area contributed by atoms with Gasteiger partial charge < -0.3 is 14.5 Å². The van der Waals surface area contributed by atoms with Gasteiger partial charge in [0.25, 0.3) is 0 Å². The van der Waals surface area contributed by atoms with Crippen molar-refractivity contribution in [3.8, 4) is 17.2 Å². The molecule has 5 nitrogen and oxygen atoms in total. The monoisotopic (exact) mass is 392 g/mol. The Bertz CT molecular complexity index is 1160. The molecule has 0 radical (unpaired) electrons. The topological polar surface area (TPSA) is 64.4 Å². The Balaban J connectivity index is 1.49. The lowest BCUT2D eigenvalue weighted by Gasteiger charge is -2.06. The van der Waals surface area contributed by atoms with Crippen molar-refractivity contribution in [3.05, 3.63) is 64.5 Å². The molecule has 28 heavy (non-hydrogen) atoms. The molecule has 0 fully saturated rings. The van der Waals surface area contributed by atoms with Crippen LogP contribution < -0.4 is 10.1 Å². The Morgan fingerprint density at radius 3 is 2.86 bits per heavy atom. The van der Waals surface area contributed by atoms with Gasteiger partial charge in [-0.3, -0.25) is 4.79 Å². The van der Waals surface area contributed by atoms with Crippen molar-refractivity contribution in [1.82, 2.24) is 4.98 Å². The zero-order chi connectivity index (χ0) is 19.7. The van der Waals surface area contributed by atoms with Crippen LogP contribution in [0.1, 0.15) is 16.7 Å². The predicted octanol–water partition coefficient (Wildman–Crippen LogP) is 5.36. The summed E-state index contributed by atoms with van der Waals surface area (Å²) in [5.74, 6) is 1.36. The van der Waals surface area contributed by atoms with Crippen LogP contribution in [0.3, 0.4) is 0 Å². The summed E-state index contributed by atoms with van der Waals surface area (Å²) < 4.78 is 11.1. The number of nitrogens with one attached hydrogen (secondary N) is 1. The van der Waals surface area contributed by atoms with Gasteiger partial charge in [0.05, 0.1) is 13.5 Å². The molecule has 0 atom stereocenters. The zero-order valence-corrected chi connectivity index (χ0v) is 16.7. The molecule has 0 unspecified atom stereocenters. The normalized spacial score (nSPS) is 11.0. The van der Waals surface area contributed by atoms with E-state index in [1.807, 2.05) is 61.7 Å². The van der Waals surface area contributed by atoms with Gasteiger partial charge in [-0.25, -0.2) is 4.98 Å². The summed E-state index contributed by atoms with van der Waals surface area (Å²) in [6.45, 7) is 4.04. The molecule has 1 N–H and O–H groups in total. The number of benzene rings is 2. The Morgan fingerprint density at radius 1 is 1.18 bits per heavy atom. The molecule has 4 aromatic rings. The first-order valence-electron chi connectivity index (χ1n) is 8.91. The summed E-state index contributed by atoms with van der Waals surface area (Å²) in [7, 11) is 1.63. The van der Waals surface area contributed by atoms with Gasteiger partial charge in [0, 0.05) is 10.8 Å². The first-order chi connectivity index (χ1) is 13.5. The molecule has 0 aliphatic heterocycles. The SMILES string of the molecule is COc1ccc2oc(-c3csc(NC(=O)Cc4cc(C)ccc4C)n3)cc2c1. The Hall–Kier alpha value is -3.12. The molecule has 6 heteroatoms. The second kappa shape index (κ2) is 7.48. The van der Waals surface area contributed by atoms with E-state index < -0.39 is 0 Å². The van der Waals surface area contributed by atoms with Gasteiger partial charge in [0.15, 0.2) is 10.9 Å². The van der Waals surface area contributed by atoms with Crippen molar-refractivity contribution >= 4 is 33.3 Å². The number of thiazole rings is 1. The van der Waals surface area contributed by atoms with Gasteiger partial charge >= 0.3 is 0 Å². The minimum absolute atomic E-state index is 0.0797. The summed E-state index contributed by atoms with van der Waals surface area (Å²) in [6.07, 6.45) is 0.326. The van der Waals surface area contributed by atoms with Gasteiger partial charge in [-0.15, -0.1) is 11.3 Å². The molecular formula is C22H20N2O3S. The third-order valence-corrected chi connectivity index (χ3v) is 5.34. The number of hydrogen-bond acceptors (Lipinski definition) is 5. The molecule has 0 bridgehead atoms. The molecule has 4 rings (SSSR count). The van der Waals surface area contributed by atoms with Crippen molar-refractivity contribution in [2.24, 2.45) is 0 Å². The standard InChI is InChI=1S/C22H20N2O3S/c1-13-4-5-14(2)15(8-13)11-21(25)24-22-23-18(12-28-22)20-10-16-9-17(26-3)6-7-19(16)27-20/h4-10,12H,11H2,1-3H3,(H,23,24,25). The number of carbonyl (C=O) groups is 1. The Kier molecular flexibility index (Phi) is 4.88. The lowest BCUT2D eigenvalue weighted by atomic mass is 10.0. The lowest BCUT2D eigenvalue weighted by Crippen LogP contribution is -2.15. The third-order valence-electron chi connectivity index (χ3n) is 4.58. The number of nitrogens with zero attached hydrogens (tertiary/aromatic N) is 1. The van der Waals surface area contributed by atoms with Crippen LogP contribution in [0.25, 0.3) is 22.4 Å². The maximum atomic E-state index is 12.4. The fourth-order valence-corrected chi connectivity index (χ4v) is 3.76. The summed E-state index contributed by atoms with van der Waals surface area (Å²) in [5.41, 5.74) is 4.75. The molecule has 1 amide bonds. The van der Waals surface area contributed by atoms with Crippen LogP contribution in [0, 0.1) is 13.8 Å². The van der Waals surface area contributed by atoms with E-state index in [1.54, 1.807) is 7.11 Å². The lowest BCUT2D eigenvalue weighted by molar-refractivity contribution is -0.115. The summed E-state index contributed by atoms with van der Waals surface area (Å²) in [4.78, 5) is 16.9. The van der Waals surface area contributed by atoms with E-state index in [1.165, 1.54) is 11.3 Å². The summed E-state index contributed by atoms with van der Waals surface area (Å²) in [6, 6.07) is 13.7. The minimum Gasteiger partial charge on any atom is -0.497 e. The molecule has 142 valence electrons. The number of methoxy groups -OCH3 is 1. The van der Waals surface area contributed by atoms with E-state index in [0.29, 0.717) is 23.0 Å². The van der Waals surface area contributed by atoms with Gasteiger partial charge in [0.1, 0.15) is 17.0 Å². The van der Waals surface area contributed by atoms with Gasteiger partial charge in [-0.1, -0.05) is 23.8 Å². The maximum absolute atomic E-state index is 12.4. The molecular weight excluding hydrogens is 372 g/mol. The van der Waals surface area contributed by atoms with Crippen LogP contribution >= 0.6 is 11.3 Å². The summed E-state index contributed by atoms with van der Waals surface area (Å²) in [5, 5.41) is 6.27. The Morgan fingerprint density at radius 2 is 2.04 bits per heavy atom. The van der Waals surface area contributed by atoms with Crippen molar-refractivity contribution in [2.75, 3.05) is 12.4 Å². The van der Waals surface area contributed by atoms with Gasteiger partial charge in [-0.2, -0.15) is 0 Å². The highest BCUT2D eigenvalue weighted by atomic mass is 32.1. The van der Waals surface area contributed by atoms with Crippen LogP contribution in [0.2, 0.25) is 0 Å². The number of ether oxygens (including phenoxy) is 1. The smallest absolute Gasteiger partial charge is 0.230 e. The van der Waals surface area contributed by atoms with Crippen molar-refractivity contribution in [2.45, 2.75) is 20.3 Å². The average molecular weight is 392 g/mol. The number of hydrogen-bond donors (Lipinski definition) is 1. The third kappa shape index (κ3) is 3.77. The van der Waals surface area contributed by atoms with Crippen LogP contribution in [-0.2, 0) is 11.2 Å². The number of anilines is 1. The van der Waals surface area contributed by atoms with Crippen molar-refractivity contribution in [1.29, 1.82) is 0 Å². The quantitative estimate of drug-likeness (QED) is 0.496. The minimum atomic E-state index is -0.0797. The summed E-state index contributed by atoms with van der Waals surface area (Å²) >= 11 is 1.38. The van der Waals surface area contributed by atoms with E-state index in [-0.39, 0.29) is 5.91 Å². The van der Waals surface area contributed by atoms with E-state index in [4.69, 9.17) is 9.15 Å². The maximum Gasteiger partial charge on any atom is 0.230 e. The molecule has 0 spiro atoms. The van der Waals surface area contributed by atoms with Gasteiger partial charge in [0.2, 0.25) is 5.91 Å². The van der Waals surface area contributed by atoms with Crippen LogP contribution in [0.5, 0.6) is 5.75 Å². The zero-order valence-electron chi connectivity index (χ0n) is 15.9. The highest BCUT2D eigenvalue weighted by Gasteiger charge is 2.13. The number of carbonyl (C=O) groups excluding carboxylic acids is 1. The largest absolute Gasteiger partial charge is 0.497 e. The fourth-order valence-electron chi connectivity index (χ4n) is 3.05. The molecule has 2 aromatic carbocycles. The highest BCUT2D eigenvalue weighted by Crippen LogP contribution is 2.32. The molecule has 0 saturated carbocycles. The highest BCUT2D eigenvalue weighted by molar-refractivity contribution is 7.14.